The van der Waals surface area contributed by atoms with Crippen molar-refractivity contribution in [2.45, 2.75) is 57.8 Å². The lowest BCUT2D eigenvalue weighted by Crippen LogP contribution is -2.03. The smallest absolute Gasteiger partial charge is 0.0554 e. The normalized spacial score (nSPS) is 21.5. The van der Waals surface area contributed by atoms with Crippen molar-refractivity contribution in [2.24, 2.45) is 0 Å². The third-order valence-electron chi connectivity index (χ3n) is 3.25. The molecular formula is C11H19NP2. The zero-order valence-electron chi connectivity index (χ0n) is 8.92. The summed E-state index contributed by atoms with van der Waals surface area (Å²) in [6.07, 6.45) is 10.0. The van der Waals surface area contributed by atoms with Crippen molar-refractivity contribution in [1.82, 2.24) is 4.75 Å². The van der Waals surface area contributed by atoms with Gasteiger partial charge in [-0.25, -0.2) is 4.75 Å². The number of hydrogen-bond acceptors (Lipinski definition) is 1. The highest BCUT2D eigenvalue weighted by Gasteiger charge is 2.17. The summed E-state index contributed by atoms with van der Waals surface area (Å²) in [6.45, 7) is 2.28. The second-order valence-electron chi connectivity index (χ2n) is 4.34. The maximum Gasteiger partial charge on any atom is 0.0554 e. The van der Waals surface area contributed by atoms with E-state index in [1.807, 2.05) is 0 Å². The van der Waals surface area contributed by atoms with Crippen LogP contribution in [0.15, 0.2) is 0 Å². The molecule has 0 amide bonds. The lowest BCUT2D eigenvalue weighted by molar-refractivity contribution is 0.450. The fraction of sp³-hybridized carbons (Fsp3) is 0.818. The molecule has 1 aromatic heterocycles. The second-order valence-corrected chi connectivity index (χ2v) is 6.93. The van der Waals surface area contributed by atoms with Crippen LogP contribution in [-0.2, 0) is 0 Å². The van der Waals surface area contributed by atoms with Crippen molar-refractivity contribution >= 4 is 15.9 Å². The Balaban J connectivity index is 2.04. The van der Waals surface area contributed by atoms with Crippen LogP contribution in [0.3, 0.4) is 0 Å². The summed E-state index contributed by atoms with van der Waals surface area (Å²) in [5, 5.41) is 1.56. The predicted octanol–water partition coefficient (Wildman–Crippen LogP) is 4.83. The summed E-state index contributed by atoms with van der Waals surface area (Å²) in [7, 11) is 2.30. The first-order valence-corrected chi connectivity index (χ1v) is 8.43. The van der Waals surface area contributed by atoms with Gasteiger partial charge in [0.1, 0.15) is 0 Å². The maximum absolute atomic E-state index is 4.71. The van der Waals surface area contributed by atoms with Crippen LogP contribution in [0.4, 0.5) is 0 Å². The minimum absolute atomic E-state index is 0.813. The fourth-order valence-electron chi connectivity index (χ4n) is 2.41. The zero-order valence-corrected chi connectivity index (χ0v) is 10.8. The van der Waals surface area contributed by atoms with Gasteiger partial charge >= 0.3 is 0 Å². The van der Waals surface area contributed by atoms with Crippen molar-refractivity contribution in [3.05, 3.63) is 11.0 Å². The van der Waals surface area contributed by atoms with E-state index in [9.17, 15) is 0 Å². The molecule has 0 radical (unpaired) electrons. The molecule has 1 unspecified atom stereocenters. The van der Waals surface area contributed by atoms with Gasteiger partial charge in [-0.05, 0) is 35.7 Å². The van der Waals surface area contributed by atoms with Crippen molar-refractivity contribution < 1.29 is 0 Å². The summed E-state index contributed by atoms with van der Waals surface area (Å²) in [6, 6.07) is 0. The highest BCUT2D eigenvalue weighted by atomic mass is 31.8. The molecule has 0 bridgehead atoms. The van der Waals surface area contributed by atoms with Gasteiger partial charge in [-0.1, -0.05) is 32.1 Å². The Morgan fingerprint density at radius 3 is 2.36 bits per heavy atom. The standard InChI is InChI=1S/C11H19NP2/c1-9-11(12-14-13-9)10-7-5-3-2-4-6-8-10/h10,14H,2-8H2,1H3. The lowest BCUT2D eigenvalue weighted by Gasteiger charge is -2.18. The van der Waals surface area contributed by atoms with Gasteiger partial charge in [-0.3, -0.25) is 0 Å². The van der Waals surface area contributed by atoms with Crippen LogP contribution in [0.1, 0.15) is 61.9 Å². The van der Waals surface area contributed by atoms with E-state index in [4.69, 9.17) is 4.75 Å². The topological polar surface area (TPSA) is 12.9 Å². The van der Waals surface area contributed by atoms with Crippen molar-refractivity contribution in [3.63, 3.8) is 0 Å². The van der Waals surface area contributed by atoms with E-state index in [1.165, 1.54) is 58.5 Å². The number of aryl methyl sites for hydroxylation is 1. The zero-order chi connectivity index (χ0) is 9.80. The van der Waals surface area contributed by atoms with Crippen LogP contribution in [0.5, 0.6) is 0 Å². The SMILES string of the molecule is Cc1p[pH]nc1C1CCCCCCC1. The summed E-state index contributed by atoms with van der Waals surface area (Å²) in [5.74, 6) is 0.817. The highest BCUT2D eigenvalue weighted by molar-refractivity contribution is 7.89. The van der Waals surface area contributed by atoms with E-state index in [1.54, 1.807) is 5.30 Å². The molecule has 1 aliphatic rings. The van der Waals surface area contributed by atoms with Crippen LogP contribution in [0, 0.1) is 6.92 Å². The highest BCUT2D eigenvalue weighted by Crippen LogP contribution is 2.37. The van der Waals surface area contributed by atoms with E-state index >= 15 is 0 Å². The molecular weight excluding hydrogens is 208 g/mol. The van der Waals surface area contributed by atoms with E-state index in [-0.39, 0.29) is 0 Å². The van der Waals surface area contributed by atoms with Crippen LogP contribution in [-0.4, -0.2) is 4.75 Å². The van der Waals surface area contributed by atoms with Crippen molar-refractivity contribution in [1.29, 1.82) is 0 Å². The molecule has 0 spiro atoms. The van der Waals surface area contributed by atoms with Gasteiger partial charge in [-0.2, -0.15) is 0 Å². The third kappa shape index (κ3) is 2.59. The Labute approximate surface area is 89.9 Å². The maximum atomic E-state index is 4.71. The Morgan fingerprint density at radius 2 is 1.79 bits per heavy atom. The first-order chi connectivity index (χ1) is 6.88. The number of nitrogens with zero attached hydrogens (tertiary/aromatic N) is 1. The Bertz CT molecular complexity index is 275. The van der Waals surface area contributed by atoms with Crippen LogP contribution in [0.2, 0.25) is 0 Å². The molecule has 1 aliphatic carbocycles. The lowest BCUT2D eigenvalue weighted by atomic mass is 9.89. The monoisotopic (exact) mass is 227 g/mol. The van der Waals surface area contributed by atoms with Gasteiger partial charge in [0.05, 0.1) is 5.69 Å². The number of rotatable bonds is 1. The molecule has 0 N–H and O–H groups in total. The minimum Gasteiger partial charge on any atom is -0.240 e. The summed E-state index contributed by atoms with van der Waals surface area (Å²) in [4.78, 5) is 0. The molecule has 1 atom stereocenters. The molecule has 0 aromatic carbocycles. The molecule has 3 heteroatoms. The first kappa shape index (κ1) is 10.7. The van der Waals surface area contributed by atoms with Gasteiger partial charge in [0, 0.05) is 11.2 Å². The predicted molar refractivity (Wildman–Crippen MR) is 66.0 cm³/mol. The van der Waals surface area contributed by atoms with Crippen LogP contribution in [0.25, 0.3) is 0 Å². The van der Waals surface area contributed by atoms with E-state index in [0.29, 0.717) is 0 Å². The third-order valence-corrected chi connectivity index (χ3v) is 5.86. The largest absolute Gasteiger partial charge is 0.240 e. The molecule has 1 fully saturated rings. The van der Waals surface area contributed by atoms with Crippen LogP contribution < -0.4 is 0 Å². The fourth-order valence-corrected chi connectivity index (χ4v) is 4.77. The summed E-state index contributed by atoms with van der Waals surface area (Å²) in [5.41, 5.74) is 1.49. The Hall–Kier alpha value is 0.140. The molecule has 1 aromatic rings. The molecule has 1 heterocycles. The molecule has 1 saturated carbocycles. The average Bonchev–Trinajstić information content (AvgIpc) is 2.51. The molecule has 0 aliphatic heterocycles. The van der Waals surface area contributed by atoms with Crippen LogP contribution >= 0.6 is 15.9 Å². The summed E-state index contributed by atoms with van der Waals surface area (Å²) >= 11 is 0. The van der Waals surface area contributed by atoms with Gasteiger partial charge in [-0.15, -0.1) is 0 Å². The number of hydrogen-bond donors (Lipinski definition) is 0. The van der Waals surface area contributed by atoms with E-state index in [0.717, 1.165) is 13.9 Å². The van der Waals surface area contributed by atoms with Gasteiger partial charge < -0.3 is 0 Å². The molecule has 2 rings (SSSR count). The van der Waals surface area contributed by atoms with Gasteiger partial charge in [0.25, 0.3) is 0 Å². The minimum atomic E-state index is 0.813. The van der Waals surface area contributed by atoms with E-state index < -0.39 is 0 Å². The molecule has 1 nitrogen and oxygen atoms in total. The van der Waals surface area contributed by atoms with E-state index in [2.05, 4.69) is 6.92 Å². The van der Waals surface area contributed by atoms with Crippen molar-refractivity contribution in [3.8, 4) is 0 Å². The Morgan fingerprint density at radius 1 is 1.14 bits per heavy atom. The molecule has 14 heavy (non-hydrogen) atoms. The molecule has 78 valence electrons. The number of aromatic nitrogens is 1. The first-order valence-electron chi connectivity index (χ1n) is 5.75. The Kier molecular flexibility index (Phi) is 4.02. The summed E-state index contributed by atoms with van der Waals surface area (Å²) < 4.78 is 4.71. The quantitative estimate of drug-likeness (QED) is 0.669. The van der Waals surface area contributed by atoms with Crippen molar-refractivity contribution in [2.75, 3.05) is 0 Å². The second kappa shape index (κ2) is 5.29. The van der Waals surface area contributed by atoms with Gasteiger partial charge in [0.15, 0.2) is 0 Å². The van der Waals surface area contributed by atoms with Gasteiger partial charge in [0.2, 0.25) is 0 Å². The average molecular weight is 227 g/mol. The molecule has 0 saturated heterocycles.